The standard InChI is InChI=1S/C17H21N3O3/c1-10-7-6-8-11(2)14(10)19-16(22)17(4,5)15(21)18-13-9-12(3)23-20-13/h6-9H,1-5H3,(H,19,22)(H,18,20,21). The van der Waals surface area contributed by atoms with Gasteiger partial charge < -0.3 is 15.2 Å². The van der Waals surface area contributed by atoms with Crippen LogP contribution in [0.15, 0.2) is 28.8 Å². The van der Waals surface area contributed by atoms with Gasteiger partial charge in [0.1, 0.15) is 11.2 Å². The molecule has 0 unspecified atom stereocenters. The van der Waals surface area contributed by atoms with Crippen LogP contribution in [0.4, 0.5) is 11.5 Å². The van der Waals surface area contributed by atoms with Crippen molar-refractivity contribution < 1.29 is 14.1 Å². The molecular weight excluding hydrogens is 294 g/mol. The fraction of sp³-hybridized carbons (Fsp3) is 0.353. The molecule has 2 rings (SSSR count). The van der Waals surface area contributed by atoms with Crippen LogP contribution in [0.1, 0.15) is 30.7 Å². The van der Waals surface area contributed by atoms with Gasteiger partial charge >= 0.3 is 0 Å². The number of aromatic nitrogens is 1. The minimum Gasteiger partial charge on any atom is -0.360 e. The highest BCUT2D eigenvalue weighted by Crippen LogP contribution is 2.25. The summed E-state index contributed by atoms with van der Waals surface area (Å²) >= 11 is 0. The van der Waals surface area contributed by atoms with Gasteiger partial charge in [-0.2, -0.15) is 0 Å². The molecule has 1 aromatic carbocycles. The zero-order valence-corrected chi connectivity index (χ0v) is 14.0. The molecule has 23 heavy (non-hydrogen) atoms. The number of hydrogen-bond donors (Lipinski definition) is 2. The second kappa shape index (κ2) is 6.24. The van der Waals surface area contributed by atoms with Crippen molar-refractivity contribution >= 4 is 23.3 Å². The Morgan fingerprint density at radius 2 is 1.61 bits per heavy atom. The Labute approximate surface area is 135 Å². The quantitative estimate of drug-likeness (QED) is 0.849. The summed E-state index contributed by atoms with van der Waals surface area (Å²) in [4.78, 5) is 25.0. The Kier molecular flexibility index (Phi) is 4.54. The van der Waals surface area contributed by atoms with E-state index in [9.17, 15) is 9.59 Å². The van der Waals surface area contributed by atoms with Gasteiger partial charge in [-0.25, -0.2) is 0 Å². The molecule has 0 saturated heterocycles. The first-order valence-corrected chi connectivity index (χ1v) is 7.34. The van der Waals surface area contributed by atoms with Gasteiger partial charge in [-0.05, 0) is 45.7 Å². The number of carbonyl (C=O) groups excluding carboxylic acids is 2. The maximum Gasteiger partial charge on any atom is 0.240 e. The van der Waals surface area contributed by atoms with Crippen molar-refractivity contribution in [1.82, 2.24) is 5.16 Å². The van der Waals surface area contributed by atoms with E-state index in [0.717, 1.165) is 16.8 Å². The molecule has 1 aromatic heterocycles. The minimum atomic E-state index is -1.26. The molecule has 1 heterocycles. The highest BCUT2D eigenvalue weighted by atomic mass is 16.5. The summed E-state index contributed by atoms with van der Waals surface area (Å²) < 4.78 is 4.90. The average Bonchev–Trinajstić information content (AvgIpc) is 2.88. The number of aryl methyl sites for hydroxylation is 3. The summed E-state index contributed by atoms with van der Waals surface area (Å²) in [7, 11) is 0. The Hall–Kier alpha value is -2.63. The Bertz CT molecular complexity index is 727. The van der Waals surface area contributed by atoms with Crippen LogP contribution in [0.3, 0.4) is 0 Å². The van der Waals surface area contributed by atoms with Crippen LogP contribution in [0.2, 0.25) is 0 Å². The zero-order chi connectivity index (χ0) is 17.2. The number of amides is 2. The van der Waals surface area contributed by atoms with Gasteiger partial charge in [0.25, 0.3) is 0 Å². The summed E-state index contributed by atoms with van der Waals surface area (Å²) in [5, 5.41) is 9.14. The molecule has 0 atom stereocenters. The molecule has 2 N–H and O–H groups in total. The number of nitrogens with zero attached hydrogens (tertiary/aromatic N) is 1. The number of carbonyl (C=O) groups is 2. The fourth-order valence-electron chi connectivity index (χ4n) is 2.08. The highest BCUT2D eigenvalue weighted by molar-refractivity contribution is 6.14. The average molecular weight is 315 g/mol. The first-order valence-electron chi connectivity index (χ1n) is 7.34. The zero-order valence-electron chi connectivity index (χ0n) is 14.0. The van der Waals surface area contributed by atoms with Gasteiger partial charge in [-0.15, -0.1) is 0 Å². The first-order chi connectivity index (χ1) is 10.7. The van der Waals surface area contributed by atoms with Crippen molar-refractivity contribution in [2.75, 3.05) is 10.6 Å². The molecule has 6 heteroatoms. The molecule has 2 amide bonds. The van der Waals surface area contributed by atoms with E-state index in [4.69, 9.17) is 4.52 Å². The van der Waals surface area contributed by atoms with Gasteiger partial charge in [0, 0.05) is 11.8 Å². The van der Waals surface area contributed by atoms with Gasteiger partial charge in [0.2, 0.25) is 11.8 Å². The van der Waals surface area contributed by atoms with Crippen LogP contribution in [-0.2, 0) is 9.59 Å². The molecule has 0 saturated carbocycles. The second-order valence-electron chi connectivity index (χ2n) is 6.12. The van der Waals surface area contributed by atoms with Crippen molar-refractivity contribution in [3.05, 3.63) is 41.2 Å². The summed E-state index contributed by atoms with van der Waals surface area (Å²) in [6, 6.07) is 7.34. The molecular formula is C17H21N3O3. The highest BCUT2D eigenvalue weighted by Gasteiger charge is 2.37. The molecule has 6 nitrogen and oxygen atoms in total. The topological polar surface area (TPSA) is 84.2 Å². The first kappa shape index (κ1) is 16.7. The summed E-state index contributed by atoms with van der Waals surface area (Å²) in [6.07, 6.45) is 0. The molecule has 0 aliphatic heterocycles. The van der Waals surface area contributed by atoms with E-state index in [0.29, 0.717) is 11.6 Å². The van der Waals surface area contributed by atoms with Crippen molar-refractivity contribution in [3.8, 4) is 0 Å². The van der Waals surface area contributed by atoms with Crippen molar-refractivity contribution in [2.45, 2.75) is 34.6 Å². The summed E-state index contributed by atoms with van der Waals surface area (Å²) in [5.74, 6) is 0.0423. The van der Waals surface area contributed by atoms with Crippen LogP contribution < -0.4 is 10.6 Å². The lowest BCUT2D eigenvalue weighted by molar-refractivity contribution is -0.135. The lowest BCUT2D eigenvalue weighted by Gasteiger charge is -2.23. The van der Waals surface area contributed by atoms with Crippen LogP contribution in [0, 0.1) is 26.2 Å². The molecule has 2 aromatic rings. The number of anilines is 2. The van der Waals surface area contributed by atoms with E-state index in [1.807, 2.05) is 32.0 Å². The minimum absolute atomic E-state index is 0.292. The summed E-state index contributed by atoms with van der Waals surface area (Å²) in [5.41, 5.74) is 1.36. The number of rotatable bonds is 4. The number of para-hydroxylation sites is 1. The number of benzene rings is 1. The van der Waals surface area contributed by atoms with Crippen molar-refractivity contribution in [2.24, 2.45) is 5.41 Å². The van der Waals surface area contributed by atoms with Gasteiger partial charge in [-0.3, -0.25) is 9.59 Å². The van der Waals surface area contributed by atoms with E-state index >= 15 is 0 Å². The predicted octanol–water partition coefficient (Wildman–Crippen LogP) is 3.20. The largest absolute Gasteiger partial charge is 0.360 e. The number of nitrogens with one attached hydrogen (secondary N) is 2. The van der Waals surface area contributed by atoms with E-state index in [2.05, 4.69) is 15.8 Å². The monoisotopic (exact) mass is 315 g/mol. The van der Waals surface area contributed by atoms with E-state index in [1.165, 1.54) is 0 Å². The van der Waals surface area contributed by atoms with Crippen LogP contribution in [0.25, 0.3) is 0 Å². The van der Waals surface area contributed by atoms with E-state index in [1.54, 1.807) is 26.8 Å². The Morgan fingerprint density at radius 1 is 1.04 bits per heavy atom. The smallest absolute Gasteiger partial charge is 0.240 e. The van der Waals surface area contributed by atoms with Crippen LogP contribution in [-0.4, -0.2) is 17.0 Å². The molecule has 0 aliphatic carbocycles. The fourth-order valence-corrected chi connectivity index (χ4v) is 2.08. The molecule has 122 valence electrons. The molecule has 0 fully saturated rings. The predicted molar refractivity (Wildman–Crippen MR) is 88.2 cm³/mol. The summed E-state index contributed by atoms with van der Waals surface area (Å²) in [6.45, 7) is 8.68. The lowest BCUT2D eigenvalue weighted by atomic mass is 9.90. The maximum atomic E-state index is 12.6. The number of hydrogen-bond acceptors (Lipinski definition) is 4. The second-order valence-corrected chi connectivity index (χ2v) is 6.12. The van der Waals surface area contributed by atoms with E-state index in [-0.39, 0.29) is 5.91 Å². The normalized spacial score (nSPS) is 11.2. The van der Waals surface area contributed by atoms with Gasteiger partial charge in [0.15, 0.2) is 5.82 Å². The molecule has 0 spiro atoms. The Morgan fingerprint density at radius 3 is 2.13 bits per heavy atom. The third kappa shape index (κ3) is 3.59. The van der Waals surface area contributed by atoms with Gasteiger partial charge in [-0.1, -0.05) is 23.4 Å². The third-order valence-electron chi connectivity index (χ3n) is 3.72. The lowest BCUT2D eigenvalue weighted by Crippen LogP contribution is -2.41. The molecule has 0 bridgehead atoms. The third-order valence-corrected chi connectivity index (χ3v) is 3.72. The van der Waals surface area contributed by atoms with Crippen LogP contribution in [0.5, 0.6) is 0 Å². The van der Waals surface area contributed by atoms with Crippen molar-refractivity contribution in [3.63, 3.8) is 0 Å². The molecule has 0 radical (unpaired) electrons. The SMILES string of the molecule is Cc1cc(NC(=O)C(C)(C)C(=O)Nc2c(C)cccc2C)no1. The van der Waals surface area contributed by atoms with Gasteiger partial charge in [0.05, 0.1) is 0 Å². The Balaban J connectivity index is 2.14. The van der Waals surface area contributed by atoms with Crippen LogP contribution >= 0.6 is 0 Å². The maximum absolute atomic E-state index is 12.6. The van der Waals surface area contributed by atoms with Crippen molar-refractivity contribution in [1.29, 1.82) is 0 Å². The van der Waals surface area contributed by atoms with E-state index < -0.39 is 11.3 Å². The molecule has 0 aliphatic rings.